The quantitative estimate of drug-likeness (QED) is 0.339. The van der Waals surface area contributed by atoms with E-state index in [9.17, 15) is 5.26 Å². The van der Waals surface area contributed by atoms with Crippen molar-refractivity contribution in [1.82, 2.24) is 9.78 Å². The van der Waals surface area contributed by atoms with Crippen molar-refractivity contribution in [3.8, 4) is 17.2 Å². The van der Waals surface area contributed by atoms with Crippen LogP contribution < -0.4 is 0 Å². The van der Waals surface area contributed by atoms with E-state index in [1.165, 1.54) is 72.9 Å². The Kier molecular flexibility index (Phi) is 8.58. The van der Waals surface area contributed by atoms with Gasteiger partial charge in [0.25, 0.3) is 0 Å². The van der Waals surface area contributed by atoms with E-state index in [0.29, 0.717) is 12.3 Å². The molecule has 178 valence electrons. The van der Waals surface area contributed by atoms with E-state index in [-0.39, 0.29) is 0 Å². The van der Waals surface area contributed by atoms with Crippen molar-refractivity contribution in [2.75, 3.05) is 0 Å². The Morgan fingerprint density at radius 2 is 1.91 bits per heavy atom. The zero-order valence-corrected chi connectivity index (χ0v) is 20.8. The first-order valence-corrected chi connectivity index (χ1v) is 13.2. The second-order valence-corrected chi connectivity index (χ2v) is 10.3. The topological polar surface area (TPSA) is 41.6 Å². The molecule has 1 saturated carbocycles. The zero-order valence-electron chi connectivity index (χ0n) is 20.8. The molecule has 1 aromatic carbocycles. The van der Waals surface area contributed by atoms with Crippen molar-refractivity contribution in [2.45, 2.75) is 84.1 Å². The first kappa shape index (κ1) is 24.3. The number of allylic oxidation sites excluding steroid dienone is 5. The molecule has 1 fully saturated rings. The molecule has 0 saturated heterocycles. The highest BCUT2D eigenvalue weighted by Crippen LogP contribution is 2.38. The summed E-state index contributed by atoms with van der Waals surface area (Å²) in [6, 6.07) is 13.0. The average molecular weight is 454 g/mol. The van der Waals surface area contributed by atoms with E-state index >= 15 is 0 Å². The van der Waals surface area contributed by atoms with Gasteiger partial charge in [-0.2, -0.15) is 10.4 Å². The summed E-state index contributed by atoms with van der Waals surface area (Å²) in [6.07, 6.45) is 19.1. The van der Waals surface area contributed by atoms with Crippen molar-refractivity contribution >= 4 is 5.57 Å². The average Bonchev–Trinajstić information content (AvgIpc) is 3.22. The summed E-state index contributed by atoms with van der Waals surface area (Å²) in [6.45, 7) is 7.17. The normalized spacial score (nSPS) is 20.1. The van der Waals surface area contributed by atoms with Crippen LogP contribution in [0.1, 0.15) is 82.5 Å². The molecule has 34 heavy (non-hydrogen) atoms. The first-order valence-electron chi connectivity index (χ1n) is 13.2. The molecule has 2 aromatic rings. The van der Waals surface area contributed by atoms with Crippen LogP contribution in [-0.4, -0.2) is 9.78 Å². The molecule has 0 atom stereocenters. The third kappa shape index (κ3) is 6.17. The van der Waals surface area contributed by atoms with Gasteiger partial charge in [0, 0.05) is 30.6 Å². The molecule has 2 aliphatic carbocycles. The fourth-order valence-electron chi connectivity index (χ4n) is 5.65. The van der Waals surface area contributed by atoms with Gasteiger partial charge in [0.1, 0.15) is 0 Å². The third-order valence-electron chi connectivity index (χ3n) is 7.53. The van der Waals surface area contributed by atoms with E-state index in [2.05, 4.69) is 72.8 Å². The molecule has 0 unspecified atom stereocenters. The maximum atomic E-state index is 9.39. The second kappa shape index (κ2) is 12.0. The minimum absolute atomic E-state index is 0.527. The van der Waals surface area contributed by atoms with Gasteiger partial charge in [-0.3, -0.25) is 4.68 Å². The van der Waals surface area contributed by atoms with Gasteiger partial charge in [-0.15, -0.1) is 6.58 Å². The Balaban J connectivity index is 1.57. The SMILES string of the molecule is C=C(C)CCCC1CCC(Cn2nc(C3=CC=CCC3)c(-c3ccccc3)c2CCC#N)CC1. The number of nitriles is 1. The third-order valence-corrected chi connectivity index (χ3v) is 7.53. The minimum atomic E-state index is 0.527. The van der Waals surface area contributed by atoms with Gasteiger partial charge in [-0.1, -0.05) is 73.4 Å². The highest BCUT2D eigenvalue weighted by molar-refractivity contribution is 5.82. The fraction of sp³-hybridized carbons (Fsp3) is 0.484. The number of nitrogens with zero attached hydrogens (tertiary/aromatic N) is 3. The van der Waals surface area contributed by atoms with Gasteiger partial charge in [-0.05, 0) is 68.4 Å². The van der Waals surface area contributed by atoms with Gasteiger partial charge in [0.2, 0.25) is 0 Å². The molecule has 0 amide bonds. The summed E-state index contributed by atoms with van der Waals surface area (Å²) in [5.41, 5.74) is 7.45. The van der Waals surface area contributed by atoms with Crippen molar-refractivity contribution in [3.05, 3.63) is 72.1 Å². The molecule has 0 radical (unpaired) electrons. The smallest absolute Gasteiger partial charge is 0.0964 e. The highest BCUT2D eigenvalue weighted by atomic mass is 15.3. The highest BCUT2D eigenvalue weighted by Gasteiger charge is 2.26. The Bertz CT molecular complexity index is 1060. The zero-order chi connectivity index (χ0) is 23.8. The van der Waals surface area contributed by atoms with Gasteiger partial charge >= 0.3 is 0 Å². The lowest BCUT2D eigenvalue weighted by molar-refractivity contribution is 0.233. The molecule has 2 aliphatic rings. The van der Waals surface area contributed by atoms with Crippen molar-refractivity contribution in [1.29, 1.82) is 5.26 Å². The molecule has 0 N–H and O–H groups in total. The predicted octanol–water partition coefficient (Wildman–Crippen LogP) is 8.29. The van der Waals surface area contributed by atoms with E-state index in [4.69, 9.17) is 5.10 Å². The lowest BCUT2D eigenvalue weighted by atomic mass is 9.79. The van der Waals surface area contributed by atoms with Crippen LogP contribution in [0.2, 0.25) is 0 Å². The van der Waals surface area contributed by atoms with Crippen LogP contribution in [0.3, 0.4) is 0 Å². The molecular formula is C31H39N3. The predicted molar refractivity (Wildman–Crippen MR) is 142 cm³/mol. The van der Waals surface area contributed by atoms with Crippen molar-refractivity contribution in [3.63, 3.8) is 0 Å². The molecule has 0 bridgehead atoms. The largest absolute Gasteiger partial charge is 0.268 e. The van der Waals surface area contributed by atoms with E-state index < -0.39 is 0 Å². The van der Waals surface area contributed by atoms with Gasteiger partial charge < -0.3 is 0 Å². The summed E-state index contributed by atoms with van der Waals surface area (Å²) in [7, 11) is 0. The van der Waals surface area contributed by atoms with Crippen LogP contribution in [-0.2, 0) is 13.0 Å². The molecule has 0 aliphatic heterocycles. The van der Waals surface area contributed by atoms with Gasteiger partial charge in [0.15, 0.2) is 0 Å². The number of hydrogen-bond acceptors (Lipinski definition) is 2. The molecule has 1 heterocycles. The molecule has 4 rings (SSSR count). The summed E-state index contributed by atoms with van der Waals surface area (Å²) in [5.74, 6) is 1.55. The molecular weight excluding hydrogens is 414 g/mol. The Labute approximate surface area is 205 Å². The number of aromatic nitrogens is 2. The van der Waals surface area contributed by atoms with E-state index in [0.717, 1.165) is 37.4 Å². The maximum absolute atomic E-state index is 9.39. The lowest BCUT2D eigenvalue weighted by Crippen LogP contribution is -2.21. The number of benzene rings is 1. The van der Waals surface area contributed by atoms with E-state index in [1.54, 1.807) is 0 Å². The second-order valence-electron chi connectivity index (χ2n) is 10.3. The van der Waals surface area contributed by atoms with Crippen LogP contribution in [0.5, 0.6) is 0 Å². The van der Waals surface area contributed by atoms with Crippen molar-refractivity contribution in [2.24, 2.45) is 11.8 Å². The number of rotatable bonds is 10. The fourth-order valence-corrected chi connectivity index (χ4v) is 5.65. The van der Waals surface area contributed by atoms with Crippen LogP contribution in [0.25, 0.3) is 16.7 Å². The lowest BCUT2D eigenvalue weighted by Gasteiger charge is -2.29. The summed E-state index contributed by atoms with van der Waals surface area (Å²) >= 11 is 0. The first-order chi connectivity index (χ1) is 16.7. The van der Waals surface area contributed by atoms with Crippen LogP contribution in [0.4, 0.5) is 0 Å². The monoisotopic (exact) mass is 453 g/mol. The summed E-state index contributed by atoms with van der Waals surface area (Å²) in [5, 5.41) is 14.6. The van der Waals surface area contributed by atoms with Crippen molar-refractivity contribution < 1.29 is 0 Å². The van der Waals surface area contributed by atoms with E-state index in [1.807, 2.05) is 0 Å². The summed E-state index contributed by atoms with van der Waals surface area (Å²) < 4.78 is 2.28. The van der Waals surface area contributed by atoms with Crippen LogP contribution >= 0.6 is 0 Å². The summed E-state index contributed by atoms with van der Waals surface area (Å²) in [4.78, 5) is 0. The molecule has 3 heteroatoms. The number of hydrogen-bond donors (Lipinski definition) is 0. The minimum Gasteiger partial charge on any atom is -0.268 e. The van der Waals surface area contributed by atoms with Crippen LogP contribution in [0.15, 0.2) is 60.7 Å². The Morgan fingerprint density at radius 3 is 2.59 bits per heavy atom. The maximum Gasteiger partial charge on any atom is 0.0964 e. The molecule has 0 spiro atoms. The van der Waals surface area contributed by atoms with Gasteiger partial charge in [-0.25, -0.2) is 0 Å². The Morgan fingerprint density at radius 1 is 1.15 bits per heavy atom. The van der Waals surface area contributed by atoms with Crippen LogP contribution in [0, 0.1) is 23.2 Å². The molecule has 1 aromatic heterocycles. The standard InChI is InChI=1S/C31H39N3/c1-24(2)11-9-12-25-18-20-26(21-19-25)23-34-29(17-10-22-32)30(27-13-5-3-6-14-27)31(33-34)28-15-7-4-8-16-28/h3-7,13-15,25-26H,1,8-12,16-21,23H2,2H3. The Hall–Kier alpha value is -2.86. The van der Waals surface area contributed by atoms with Gasteiger partial charge in [0.05, 0.1) is 11.8 Å². The molecule has 3 nitrogen and oxygen atoms in total.